The molecule has 194 valence electrons. The molecule has 2 saturated heterocycles. The molecule has 7 nitrogen and oxygen atoms in total. The summed E-state index contributed by atoms with van der Waals surface area (Å²) >= 11 is 6.14. The molecule has 1 unspecified atom stereocenters. The number of likely N-dealkylation sites (tertiary alicyclic amines) is 1. The molecule has 1 aromatic heterocycles. The molecule has 1 amide bonds. The van der Waals surface area contributed by atoms with E-state index >= 15 is 0 Å². The average Bonchev–Trinajstić information content (AvgIpc) is 3.41. The Kier molecular flexibility index (Phi) is 7.91. The van der Waals surface area contributed by atoms with Crippen molar-refractivity contribution in [2.24, 2.45) is 5.92 Å². The Bertz CT molecular complexity index is 1270. The number of aromatic nitrogens is 2. The number of amides is 1. The van der Waals surface area contributed by atoms with Gasteiger partial charge < -0.3 is 9.80 Å². The van der Waals surface area contributed by atoms with Crippen molar-refractivity contribution in [2.45, 2.75) is 38.4 Å². The van der Waals surface area contributed by atoms with Gasteiger partial charge in [-0.1, -0.05) is 54.1 Å². The van der Waals surface area contributed by atoms with E-state index < -0.39 is 0 Å². The van der Waals surface area contributed by atoms with E-state index in [1.165, 1.54) is 10.2 Å². The van der Waals surface area contributed by atoms with Gasteiger partial charge in [-0.05, 0) is 49.6 Å². The van der Waals surface area contributed by atoms with Crippen LogP contribution in [0.15, 0.2) is 71.7 Å². The molecule has 1 atom stereocenters. The molecule has 0 spiro atoms. The van der Waals surface area contributed by atoms with Gasteiger partial charge in [0, 0.05) is 49.9 Å². The highest BCUT2D eigenvalue weighted by atomic mass is 35.5. The Morgan fingerprint density at radius 1 is 1.00 bits per heavy atom. The second-order valence-electron chi connectivity index (χ2n) is 10.2. The van der Waals surface area contributed by atoms with Crippen molar-refractivity contribution in [2.75, 3.05) is 38.1 Å². The molecule has 2 aliphatic rings. The molecule has 2 aliphatic heterocycles. The third kappa shape index (κ3) is 6.22. The first-order valence-electron chi connectivity index (χ1n) is 13.1. The van der Waals surface area contributed by atoms with Crippen molar-refractivity contribution in [1.82, 2.24) is 19.6 Å². The first-order chi connectivity index (χ1) is 18.0. The van der Waals surface area contributed by atoms with Crippen LogP contribution in [0.2, 0.25) is 5.02 Å². The Morgan fingerprint density at radius 3 is 2.49 bits per heavy atom. The summed E-state index contributed by atoms with van der Waals surface area (Å²) in [6, 6.07) is 19.9. The predicted molar refractivity (Wildman–Crippen MR) is 147 cm³/mol. The first kappa shape index (κ1) is 25.5. The summed E-state index contributed by atoms with van der Waals surface area (Å²) in [5, 5.41) is 5.16. The monoisotopic (exact) mass is 519 g/mol. The van der Waals surface area contributed by atoms with Gasteiger partial charge in [0.2, 0.25) is 5.91 Å². The zero-order valence-corrected chi connectivity index (χ0v) is 22.1. The van der Waals surface area contributed by atoms with E-state index in [0.29, 0.717) is 19.1 Å². The number of hydrogen-bond donors (Lipinski definition) is 0. The Labute approximate surface area is 223 Å². The Balaban J connectivity index is 1.12. The number of hydrogen-bond acceptors (Lipinski definition) is 5. The summed E-state index contributed by atoms with van der Waals surface area (Å²) < 4.78 is 1.48. The number of halogens is 1. The van der Waals surface area contributed by atoms with Crippen LogP contribution in [0.1, 0.15) is 30.4 Å². The van der Waals surface area contributed by atoms with Crippen LogP contribution in [0.5, 0.6) is 0 Å². The van der Waals surface area contributed by atoms with Gasteiger partial charge in [-0.3, -0.25) is 14.5 Å². The third-order valence-electron chi connectivity index (χ3n) is 7.65. The summed E-state index contributed by atoms with van der Waals surface area (Å²) in [6.07, 6.45) is 4.50. The fourth-order valence-corrected chi connectivity index (χ4v) is 5.72. The molecule has 0 saturated carbocycles. The summed E-state index contributed by atoms with van der Waals surface area (Å²) in [6.45, 7) is 4.28. The summed E-state index contributed by atoms with van der Waals surface area (Å²) in [4.78, 5) is 32.5. The van der Waals surface area contributed by atoms with Gasteiger partial charge in [0.1, 0.15) is 0 Å². The predicted octanol–water partition coefficient (Wildman–Crippen LogP) is 3.89. The van der Waals surface area contributed by atoms with Crippen LogP contribution in [0.4, 0.5) is 5.69 Å². The lowest BCUT2D eigenvalue weighted by atomic mass is 10.00. The van der Waals surface area contributed by atoms with Gasteiger partial charge in [-0.15, -0.1) is 0 Å². The minimum atomic E-state index is -0.125. The van der Waals surface area contributed by atoms with Gasteiger partial charge >= 0.3 is 0 Å². The lowest BCUT2D eigenvalue weighted by molar-refractivity contribution is -0.136. The van der Waals surface area contributed by atoms with E-state index in [0.717, 1.165) is 61.7 Å². The van der Waals surface area contributed by atoms with E-state index in [-0.39, 0.29) is 17.4 Å². The van der Waals surface area contributed by atoms with Crippen molar-refractivity contribution in [1.29, 1.82) is 0 Å². The van der Waals surface area contributed by atoms with E-state index in [1.54, 1.807) is 12.3 Å². The summed E-state index contributed by atoms with van der Waals surface area (Å²) in [5.41, 5.74) is 2.92. The maximum atomic E-state index is 13.3. The van der Waals surface area contributed by atoms with Crippen LogP contribution in [-0.2, 0) is 17.9 Å². The number of benzene rings is 2. The van der Waals surface area contributed by atoms with Crippen LogP contribution >= 0.6 is 11.6 Å². The number of rotatable bonds is 7. The van der Waals surface area contributed by atoms with Crippen molar-refractivity contribution in [3.05, 3.63) is 93.4 Å². The zero-order valence-electron chi connectivity index (χ0n) is 21.3. The van der Waals surface area contributed by atoms with Gasteiger partial charge in [0.25, 0.3) is 5.56 Å². The van der Waals surface area contributed by atoms with E-state index in [4.69, 9.17) is 11.6 Å². The normalized spacial score (nSPS) is 18.5. The standard InChI is InChI=1S/C29H34ClN5O2/c1-32(19-23-8-5-9-25(30)16-23)26-11-14-33(15-12-26)29(37)24-10-13-34(21-24)27-17-28(36)35(31-18-27)20-22-6-3-2-4-7-22/h2-9,16-18,24,26H,10-15,19-21H2,1H3. The molecular formula is C29H34ClN5O2. The fraction of sp³-hybridized carbons (Fsp3) is 0.414. The maximum absolute atomic E-state index is 13.3. The molecule has 37 heavy (non-hydrogen) atoms. The fourth-order valence-electron chi connectivity index (χ4n) is 5.51. The smallest absolute Gasteiger partial charge is 0.269 e. The van der Waals surface area contributed by atoms with Crippen molar-refractivity contribution in [3.63, 3.8) is 0 Å². The van der Waals surface area contributed by atoms with Gasteiger partial charge in [0.05, 0.1) is 24.3 Å². The third-order valence-corrected chi connectivity index (χ3v) is 7.89. The molecule has 0 N–H and O–H groups in total. The summed E-state index contributed by atoms with van der Waals surface area (Å²) in [7, 11) is 2.15. The molecule has 0 aliphatic carbocycles. The SMILES string of the molecule is CN(Cc1cccc(Cl)c1)C1CCN(C(=O)C2CCN(c3cnn(Cc4ccccc4)c(=O)c3)C2)CC1. The van der Waals surface area contributed by atoms with Crippen molar-refractivity contribution in [3.8, 4) is 0 Å². The van der Waals surface area contributed by atoms with Crippen LogP contribution in [0.25, 0.3) is 0 Å². The van der Waals surface area contributed by atoms with E-state index in [9.17, 15) is 9.59 Å². The highest BCUT2D eigenvalue weighted by molar-refractivity contribution is 6.30. The van der Waals surface area contributed by atoms with Crippen LogP contribution < -0.4 is 10.5 Å². The lowest BCUT2D eigenvalue weighted by Crippen LogP contribution is -2.47. The van der Waals surface area contributed by atoms with Gasteiger partial charge in [-0.25, -0.2) is 4.68 Å². The topological polar surface area (TPSA) is 61.7 Å². The van der Waals surface area contributed by atoms with Crippen molar-refractivity contribution >= 4 is 23.2 Å². The Morgan fingerprint density at radius 2 is 1.76 bits per heavy atom. The highest BCUT2D eigenvalue weighted by Gasteiger charge is 2.34. The molecule has 3 aromatic rings. The molecule has 2 fully saturated rings. The van der Waals surface area contributed by atoms with Gasteiger partial charge in [-0.2, -0.15) is 5.10 Å². The maximum Gasteiger partial charge on any atom is 0.269 e. The van der Waals surface area contributed by atoms with Crippen LogP contribution in [0, 0.1) is 5.92 Å². The van der Waals surface area contributed by atoms with Crippen LogP contribution in [-0.4, -0.2) is 64.8 Å². The highest BCUT2D eigenvalue weighted by Crippen LogP contribution is 2.26. The second kappa shape index (κ2) is 11.5. The minimum absolute atomic E-state index is 0.0347. The van der Waals surface area contributed by atoms with Gasteiger partial charge in [0.15, 0.2) is 0 Å². The molecule has 5 rings (SSSR count). The largest absolute Gasteiger partial charge is 0.369 e. The molecular weight excluding hydrogens is 486 g/mol. The zero-order chi connectivity index (χ0) is 25.8. The quantitative estimate of drug-likeness (QED) is 0.474. The van der Waals surface area contributed by atoms with Crippen molar-refractivity contribution < 1.29 is 4.79 Å². The molecule has 2 aromatic carbocycles. The van der Waals surface area contributed by atoms with E-state index in [1.807, 2.05) is 53.4 Å². The first-order valence-corrected chi connectivity index (χ1v) is 13.4. The number of anilines is 1. The number of piperidine rings is 1. The minimum Gasteiger partial charge on any atom is -0.369 e. The van der Waals surface area contributed by atoms with Crippen LogP contribution in [0.3, 0.4) is 0 Å². The lowest BCUT2D eigenvalue weighted by Gasteiger charge is -2.37. The molecule has 0 radical (unpaired) electrons. The second-order valence-corrected chi connectivity index (χ2v) is 10.7. The number of carbonyl (C=O) groups excluding carboxylic acids is 1. The number of carbonyl (C=O) groups is 1. The molecule has 3 heterocycles. The Hall–Kier alpha value is -3.16. The average molecular weight is 520 g/mol. The van der Waals surface area contributed by atoms with E-state index in [2.05, 4.69) is 28.0 Å². The summed E-state index contributed by atoms with van der Waals surface area (Å²) in [5.74, 6) is 0.205. The molecule has 0 bridgehead atoms. The number of nitrogens with zero attached hydrogens (tertiary/aromatic N) is 5. The molecule has 8 heteroatoms.